The van der Waals surface area contributed by atoms with E-state index in [0.717, 1.165) is 30.2 Å². The maximum absolute atomic E-state index is 8.87. The standard InChI is InChI=1S/C18H19N3O/c1-21(15-4-2-13(11-19)3-5-15)16-6-7-17-14(12-20)8-9-22-18(17)10-16/h2-7,10,14H,8-9,12,20H2,1H3/t14-/m0/s1. The van der Waals surface area contributed by atoms with Crippen LogP contribution in [0.25, 0.3) is 0 Å². The molecule has 1 aliphatic heterocycles. The molecule has 4 heteroatoms. The molecule has 0 radical (unpaired) electrons. The van der Waals surface area contributed by atoms with Crippen LogP contribution in [0.4, 0.5) is 11.4 Å². The number of anilines is 2. The normalized spacial score (nSPS) is 16.3. The number of nitriles is 1. The molecule has 2 aromatic carbocycles. The SMILES string of the molecule is CN(c1ccc(C#N)cc1)c1ccc2c(c1)OCC[C@H]2CN. The van der Waals surface area contributed by atoms with E-state index in [4.69, 9.17) is 15.7 Å². The predicted octanol–water partition coefficient (Wildman–Crippen LogP) is 3.15. The molecule has 22 heavy (non-hydrogen) atoms. The monoisotopic (exact) mass is 293 g/mol. The van der Waals surface area contributed by atoms with Crippen LogP contribution in [0, 0.1) is 11.3 Å². The van der Waals surface area contributed by atoms with Crippen molar-refractivity contribution in [1.29, 1.82) is 5.26 Å². The Morgan fingerprint density at radius 2 is 1.95 bits per heavy atom. The Bertz CT molecular complexity index is 703. The molecule has 0 fully saturated rings. The van der Waals surface area contributed by atoms with Crippen molar-refractivity contribution in [3.05, 3.63) is 53.6 Å². The van der Waals surface area contributed by atoms with Gasteiger partial charge in [-0.15, -0.1) is 0 Å². The van der Waals surface area contributed by atoms with Crippen LogP contribution in [-0.4, -0.2) is 20.2 Å². The third-order valence-corrected chi connectivity index (χ3v) is 4.22. The molecule has 1 heterocycles. The van der Waals surface area contributed by atoms with Crippen molar-refractivity contribution in [3.63, 3.8) is 0 Å². The number of hydrogen-bond donors (Lipinski definition) is 1. The van der Waals surface area contributed by atoms with E-state index in [1.807, 2.05) is 31.3 Å². The number of ether oxygens (including phenoxy) is 1. The molecule has 2 N–H and O–H groups in total. The number of rotatable bonds is 3. The molecule has 2 aromatic rings. The van der Waals surface area contributed by atoms with Crippen LogP contribution in [0.2, 0.25) is 0 Å². The van der Waals surface area contributed by atoms with E-state index in [-0.39, 0.29) is 0 Å². The molecular weight excluding hydrogens is 274 g/mol. The van der Waals surface area contributed by atoms with E-state index in [2.05, 4.69) is 29.2 Å². The van der Waals surface area contributed by atoms with Crippen molar-refractivity contribution >= 4 is 11.4 Å². The van der Waals surface area contributed by atoms with Gasteiger partial charge in [-0.3, -0.25) is 0 Å². The summed E-state index contributed by atoms with van der Waals surface area (Å²) in [6, 6.07) is 15.9. The Balaban J connectivity index is 1.90. The highest BCUT2D eigenvalue weighted by atomic mass is 16.5. The molecule has 0 aromatic heterocycles. The van der Waals surface area contributed by atoms with Crippen LogP contribution in [0.1, 0.15) is 23.5 Å². The van der Waals surface area contributed by atoms with Crippen molar-refractivity contribution in [3.8, 4) is 11.8 Å². The Morgan fingerprint density at radius 3 is 2.64 bits per heavy atom. The lowest BCUT2D eigenvalue weighted by molar-refractivity contribution is 0.269. The zero-order valence-corrected chi connectivity index (χ0v) is 12.6. The van der Waals surface area contributed by atoms with Crippen LogP contribution in [0.3, 0.4) is 0 Å². The molecule has 0 bridgehead atoms. The lowest BCUT2D eigenvalue weighted by atomic mass is 9.93. The van der Waals surface area contributed by atoms with Gasteiger partial charge in [0, 0.05) is 30.4 Å². The van der Waals surface area contributed by atoms with Crippen LogP contribution in [0.5, 0.6) is 5.75 Å². The topological polar surface area (TPSA) is 62.3 Å². The van der Waals surface area contributed by atoms with Crippen LogP contribution >= 0.6 is 0 Å². The fourth-order valence-electron chi connectivity index (χ4n) is 2.81. The highest BCUT2D eigenvalue weighted by Crippen LogP contribution is 2.37. The van der Waals surface area contributed by atoms with E-state index in [1.54, 1.807) is 0 Å². The minimum Gasteiger partial charge on any atom is -0.493 e. The first-order valence-electron chi connectivity index (χ1n) is 7.43. The number of nitrogens with zero attached hydrogens (tertiary/aromatic N) is 2. The fourth-order valence-corrected chi connectivity index (χ4v) is 2.81. The van der Waals surface area contributed by atoms with Gasteiger partial charge >= 0.3 is 0 Å². The predicted molar refractivity (Wildman–Crippen MR) is 87.6 cm³/mol. The van der Waals surface area contributed by atoms with E-state index in [0.29, 0.717) is 18.0 Å². The number of fused-ring (bicyclic) bond motifs is 1. The molecule has 1 aliphatic rings. The van der Waals surface area contributed by atoms with Crippen molar-refractivity contribution < 1.29 is 4.74 Å². The second-order valence-electron chi connectivity index (χ2n) is 5.51. The molecule has 4 nitrogen and oxygen atoms in total. The summed E-state index contributed by atoms with van der Waals surface area (Å²) in [6.45, 7) is 1.38. The number of hydrogen-bond acceptors (Lipinski definition) is 4. The highest BCUT2D eigenvalue weighted by molar-refractivity contribution is 5.65. The van der Waals surface area contributed by atoms with E-state index in [9.17, 15) is 0 Å². The Kier molecular flexibility index (Phi) is 3.99. The molecular formula is C18H19N3O. The third-order valence-electron chi connectivity index (χ3n) is 4.22. The molecule has 0 amide bonds. The van der Waals surface area contributed by atoms with Gasteiger partial charge in [0.25, 0.3) is 0 Å². The minimum atomic E-state index is 0.387. The fraction of sp³-hybridized carbons (Fsp3) is 0.278. The van der Waals surface area contributed by atoms with Crippen molar-refractivity contribution in [2.45, 2.75) is 12.3 Å². The smallest absolute Gasteiger partial charge is 0.124 e. The second-order valence-corrected chi connectivity index (χ2v) is 5.51. The first-order valence-corrected chi connectivity index (χ1v) is 7.43. The second kappa shape index (κ2) is 6.08. The van der Waals surface area contributed by atoms with Gasteiger partial charge in [-0.05, 0) is 48.9 Å². The zero-order valence-electron chi connectivity index (χ0n) is 12.6. The van der Waals surface area contributed by atoms with Crippen molar-refractivity contribution in [1.82, 2.24) is 0 Å². The molecule has 0 aliphatic carbocycles. The zero-order chi connectivity index (χ0) is 15.5. The lowest BCUT2D eigenvalue weighted by Crippen LogP contribution is -2.21. The quantitative estimate of drug-likeness (QED) is 0.944. The maximum Gasteiger partial charge on any atom is 0.124 e. The van der Waals surface area contributed by atoms with E-state index >= 15 is 0 Å². The molecule has 0 saturated heterocycles. The summed E-state index contributed by atoms with van der Waals surface area (Å²) in [5, 5.41) is 8.87. The largest absolute Gasteiger partial charge is 0.493 e. The maximum atomic E-state index is 8.87. The molecule has 112 valence electrons. The lowest BCUT2D eigenvalue weighted by Gasteiger charge is -2.27. The average molecular weight is 293 g/mol. The number of nitrogens with two attached hydrogens (primary N) is 1. The van der Waals surface area contributed by atoms with Gasteiger partial charge in [-0.2, -0.15) is 5.26 Å². The molecule has 3 rings (SSSR count). The molecule has 1 atom stereocenters. The Hall–Kier alpha value is -2.51. The van der Waals surface area contributed by atoms with Gasteiger partial charge in [-0.1, -0.05) is 6.07 Å². The van der Waals surface area contributed by atoms with Crippen LogP contribution < -0.4 is 15.4 Å². The molecule has 0 unspecified atom stereocenters. The van der Waals surface area contributed by atoms with Gasteiger partial charge in [-0.25, -0.2) is 0 Å². The first-order chi connectivity index (χ1) is 10.7. The Labute approximate surface area is 130 Å². The summed E-state index contributed by atoms with van der Waals surface area (Å²) >= 11 is 0. The minimum absolute atomic E-state index is 0.387. The third kappa shape index (κ3) is 2.63. The first kappa shape index (κ1) is 14.4. The molecule has 0 spiro atoms. The van der Waals surface area contributed by atoms with Gasteiger partial charge in [0.1, 0.15) is 5.75 Å². The van der Waals surface area contributed by atoms with Gasteiger partial charge in [0.15, 0.2) is 0 Å². The van der Waals surface area contributed by atoms with Crippen molar-refractivity contribution in [2.75, 3.05) is 25.1 Å². The van der Waals surface area contributed by atoms with Gasteiger partial charge in [0.05, 0.1) is 18.2 Å². The highest BCUT2D eigenvalue weighted by Gasteiger charge is 2.21. The number of benzene rings is 2. The van der Waals surface area contributed by atoms with Crippen molar-refractivity contribution in [2.24, 2.45) is 5.73 Å². The van der Waals surface area contributed by atoms with Gasteiger partial charge < -0.3 is 15.4 Å². The van der Waals surface area contributed by atoms with Gasteiger partial charge in [0.2, 0.25) is 0 Å². The van der Waals surface area contributed by atoms with E-state index < -0.39 is 0 Å². The summed E-state index contributed by atoms with van der Waals surface area (Å²) < 4.78 is 5.79. The summed E-state index contributed by atoms with van der Waals surface area (Å²) in [5.74, 6) is 1.32. The van der Waals surface area contributed by atoms with Crippen LogP contribution in [0.15, 0.2) is 42.5 Å². The summed E-state index contributed by atoms with van der Waals surface area (Å²) in [6.07, 6.45) is 0.980. The Morgan fingerprint density at radius 1 is 1.23 bits per heavy atom. The summed E-state index contributed by atoms with van der Waals surface area (Å²) in [4.78, 5) is 2.08. The van der Waals surface area contributed by atoms with E-state index in [1.165, 1.54) is 5.56 Å². The summed E-state index contributed by atoms with van der Waals surface area (Å²) in [7, 11) is 2.01. The average Bonchev–Trinajstić information content (AvgIpc) is 2.60. The summed E-state index contributed by atoms with van der Waals surface area (Å²) in [5.41, 5.74) is 9.79. The van der Waals surface area contributed by atoms with Crippen LogP contribution in [-0.2, 0) is 0 Å². The molecule has 0 saturated carbocycles.